The van der Waals surface area contributed by atoms with E-state index in [2.05, 4.69) is 40.9 Å². The zero-order valence-corrected chi connectivity index (χ0v) is 28.4. The number of amides is 1. The first-order valence-electron chi connectivity index (χ1n) is 17.0. The lowest BCUT2D eigenvalue weighted by molar-refractivity contribution is 0.0417. The molecule has 1 amide bonds. The van der Waals surface area contributed by atoms with E-state index in [4.69, 9.17) is 14.2 Å². The Labute approximate surface area is 270 Å². The minimum absolute atomic E-state index is 0.218. The van der Waals surface area contributed by atoms with Crippen LogP contribution in [0.25, 0.3) is 11.1 Å². The van der Waals surface area contributed by atoms with Crippen molar-refractivity contribution in [2.45, 2.75) is 104 Å². The number of carbonyl (C=O) groups is 1. The SMILES string of the molecule is CCCCOc1ccc(-c2ccc(N3CCN(CC4CCC(C)(NC(=O)OC(C)(C)C)CC4)CC3)c(F)c2)c(OCCCC)n1. The van der Waals surface area contributed by atoms with E-state index in [0.717, 1.165) is 95.2 Å². The van der Waals surface area contributed by atoms with Gasteiger partial charge >= 0.3 is 6.09 Å². The van der Waals surface area contributed by atoms with Crippen LogP contribution in [0.2, 0.25) is 0 Å². The lowest BCUT2D eigenvalue weighted by Gasteiger charge is -2.41. The molecule has 0 unspecified atom stereocenters. The Hall–Kier alpha value is -3.07. The highest BCUT2D eigenvalue weighted by Gasteiger charge is 2.34. The number of aromatic nitrogens is 1. The van der Waals surface area contributed by atoms with Crippen LogP contribution >= 0.6 is 0 Å². The third-order valence-corrected chi connectivity index (χ3v) is 8.82. The molecule has 250 valence electrons. The van der Waals surface area contributed by atoms with Crippen LogP contribution in [0, 0.1) is 11.7 Å². The highest BCUT2D eigenvalue weighted by molar-refractivity contribution is 5.71. The summed E-state index contributed by atoms with van der Waals surface area (Å²) in [5.41, 5.74) is 1.45. The summed E-state index contributed by atoms with van der Waals surface area (Å²) in [7, 11) is 0. The number of nitrogens with zero attached hydrogens (tertiary/aromatic N) is 3. The van der Waals surface area contributed by atoms with Crippen LogP contribution in [0.1, 0.15) is 92.9 Å². The van der Waals surface area contributed by atoms with Crippen molar-refractivity contribution < 1.29 is 23.4 Å². The maximum Gasteiger partial charge on any atom is 0.408 e. The average Bonchev–Trinajstić information content (AvgIpc) is 2.98. The molecule has 8 nitrogen and oxygen atoms in total. The van der Waals surface area contributed by atoms with Crippen LogP contribution in [0.3, 0.4) is 0 Å². The second-order valence-corrected chi connectivity index (χ2v) is 14.0. The molecule has 1 aromatic heterocycles. The fourth-order valence-electron chi connectivity index (χ4n) is 6.11. The van der Waals surface area contributed by atoms with Crippen molar-refractivity contribution in [1.29, 1.82) is 0 Å². The van der Waals surface area contributed by atoms with Crippen LogP contribution in [0.4, 0.5) is 14.9 Å². The number of rotatable bonds is 13. The molecule has 2 heterocycles. The molecule has 2 aliphatic rings. The average molecular weight is 627 g/mol. The van der Waals surface area contributed by atoms with Gasteiger partial charge in [0.1, 0.15) is 11.4 Å². The van der Waals surface area contributed by atoms with Gasteiger partial charge in [-0.1, -0.05) is 32.8 Å². The van der Waals surface area contributed by atoms with Crippen molar-refractivity contribution >= 4 is 11.8 Å². The number of alkyl carbamates (subject to hydrolysis) is 1. The molecule has 1 aromatic carbocycles. The molecule has 1 aliphatic heterocycles. The van der Waals surface area contributed by atoms with Crippen LogP contribution in [0.15, 0.2) is 30.3 Å². The smallest absolute Gasteiger partial charge is 0.408 e. The zero-order chi connectivity index (χ0) is 32.5. The van der Waals surface area contributed by atoms with Gasteiger partial charge in [-0.15, -0.1) is 0 Å². The van der Waals surface area contributed by atoms with E-state index in [9.17, 15) is 4.79 Å². The Balaban J connectivity index is 1.30. The monoisotopic (exact) mass is 626 g/mol. The number of unbranched alkanes of at least 4 members (excludes halogenated alkanes) is 2. The summed E-state index contributed by atoms with van der Waals surface area (Å²) < 4.78 is 32.9. The zero-order valence-electron chi connectivity index (χ0n) is 28.4. The third kappa shape index (κ3) is 10.5. The van der Waals surface area contributed by atoms with Crippen molar-refractivity contribution in [1.82, 2.24) is 15.2 Å². The molecule has 45 heavy (non-hydrogen) atoms. The minimum atomic E-state index is -0.496. The maximum absolute atomic E-state index is 15.6. The van der Waals surface area contributed by atoms with Crippen molar-refractivity contribution in [3.63, 3.8) is 0 Å². The number of ether oxygens (including phenoxy) is 3. The number of carbonyl (C=O) groups excluding carboxylic acids is 1. The molecule has 1 N–H and O–H groups in total. The van der Waals surface area contributed by atoms with Crippen molar-refractivity contribution in [2.24, 2.45) is 5.92 Å². The molecule has 0 radical (unpaired) electrons. The molecule has 0 bridgehead atoms. The van der Waals surface area contributed by atoms with Gasteiger partial charge in [0, 0.05) is 49.9 Å². The third-order valence-electron chi connectivity index (χ3n) is 8.82. The number of hydrogen-bond acceptors (Lipinski definition) is 7. The van der Waals surface area contributed by atoms with Gasteiger partial charge in [-0.05, 0) is 95.9 Å². The van der Waals surface area contributed by atoms with E-state index in [1.165, 1.54) is 0 Å². The first-order chi connectivity index (χ1) is 21.5. The number of halogens is 1. The van der Waals surface area contributed by atoms with E-state index in [0.29, 0.717) is 36.6 Å². The summed E-state index contributed by atoms with van der Waals surface area (Å²) in [5, 5.41) is 3.11. The molecule has 1 aliphatic carbocycles. The maximum atomic E-state index is 15.6. The number of benzene rings is 1. The molecule has 2 fully saturated rings. The summed E-state index contributed by atoms with van der Waals surface area (Å²) in [6.45, 7) is 17.6. The summed E-state index contributed by atoms with van der Waals surface area (Å²) in [5.74, 6) is 1.40. The fraction of sp³-hybridized carbons (Fsp3) is 0.667. The molecule has 9 heteroatoms. The standard InChI is InChI=1S/C36H55FN4O4/c1-7-9-23-43-32-14-12-29(33(38-32)44-24-10-8-2)28-11-13-31(30(37)25-28)41-21-19-40(20-22-41)26-27-15-17-36(6,18-16-27)39-34(42)45-35(3,4)5/h11-14,25,27H,7-10,15-24,26H2,1-6H3,(H,39,42). The number of hydrogen-bond donors (Lipinski definition) is 1. The Morgan fingerprint density at radius 3 is 2.29 bits per heavy atom. The van der Waals surface area contributed by atoms with Gasteiger partial charge in [-0.2, -0.15) is 4.98 Å². The highest BCUT2D eigenvalue weighted by atomic mass is 19.1. The minimum Gasteiger partial charge on any atom is -0.478 e. The first kappa shape index (κ1) is 34.8. The topological polar surface area (TPSA) is 76.2 Å². The van der Waals surface area contributed by atoms with Crippen LogP contribution < -0.4 is 19.7 Å². The van der Waals surface area contributed by atoms with E-state index < -0.39 is 5.60 Å². The molecular formula is C36H55FN4O4. The number of pyridine rings is 1. The number of piperazine rings is 1. The quantitative estimate of drug-likeness (QED) is 0.227. The molecule has 1 saturated heterocycles. The van der Waals surface area contributed by atoms with Gasteiger partial charge in [0.05, 0.1) is 18.9 Å². The second kappa shape index (κ2) is 16.0. The van der Waals surface area contributed by atoms with Crippen LogP contribution in [-0.2, 0) is 4.74 Å². The van der Waals surface area contributed by atoms with Gasteiger partial charge in [0.25, 0.3) is 0 Å². The number of nitrogens with one attached hydrogen (secondary N) is 1. The van der Waals surface area contributed by atoms with Crippen molar-refractivity contribution in [2.75, 3.05) is 50.8 Å². The summed E-state index contributed by atoms with van der Waals surface area (Å²) in [6, 6.07) is 9.22. The Morgan fingerprint density at radius 1 is 1.00 bits per heavy atom. The van der Waals surface area contributed by atoms with Crippen molar-refractivity contribution in [3.8, 4) is 22.9 Å². The predicted octanol–water partition coefficient (Wildman–Crippen LogP) is 7.84. The molecule has 0 spiro atoms. The van der Waals surface area contributed by atoms with E-state index in [1.807, 2.05) is 45.0 Å². The largest absolute Gasteiger partial charge is 0.478 e. The van der Waals surface area contributed by atoms with Crippen LogP contribution in [-0.4, -0.2) is 73.1 Å². The Kier molecular flexibility index (Phi) is 12.3. The normalized spacial score (nSPS) is 21.0. The van der Waals surface area contributed by atoms with Crippen LogP contribution in [0.5, 0.6) is 11.8 Å². The van der Waals surface area contributed by atoms with E-state index in [1.54, 1.807) is 6.07 Å². The number of anilines is 1. The van der Waals surface area contributed by atoms with Crippen molar-refractivity contribution in [3.05, 3.63) is 36.1 Å². The lowest BCUT2D eigenvalue weighted by Crippen LogP contribution is -2.52. The fourth-order valence-corrected chi connectivity index (χ4v) is 6.11. The molecule has 0 atom stereocenters. The first-order valence-corrected chi connectivity index (χ1v) is 17.0. The summed E-state index contributed by atoms with van der Waals surface area (Å²) in [4.78, 5) is 21.6. The molecule has 4 rings (SSSR count). The Morgan fingerprint density at radius 2 is 1.67 bits per heavy atom. The highest BCUT2D eigenvalue weighted by Crippen LogP contribution is 2.35. The molecule has 2 aromatic rings. The van der Waals surface area contributed by atoms with E-state index in [-0.39, 0.29) is 17.4 Å². The predicted molar refractivity (Wildman–Crippen MR) is 179 cm³/mol. The van der Waals surface area contributed by atoms with Gasteiger partial charge in [-0.25, -0.2) is 9.18 Å². The summed E-state index contributed by atoms with van der Waals surface area (Å²) >= 11 is 0. The van der Waals surface area contributed by atoms with E-state index >= 15 is 4.39 Å². The van der Waals surface area contributed by atoms with Gasteiger partial charge < -0.3 is 24.4 Å². The lowest BCUT2D eigenvalue weighted by atomic mass is 9.77. The Bertz CT molecular complexity index is 1230. The van der Waals surface area contributed by atoms with Gasteiger partial charge in [-0.3, -0.25) is 4.90 Å². The van der Waals surface area contributed by atoms with Gasteiger partial charge in [0.15, 0.2) is 0 Å². The van der Waals surface area contributed by atoms with Gasteiger partial charge in [0.2, 0.25) is 11.8 Å². The molecular weight excluding hydrogens is 571 g/mol. The second-order valence-electron chi connectivity index (χ2n) is 14.0. The molecule has 1 saturated carbocycles. The summed E-state index contributed by atoms with van der Waals surface area (Å²) in [6.07, 6.45) is 7.68.